The van der Waals surface area contributed by atoms with Gasteiger partial charge in [-0.15, -0.1) is 0 Å². The topological polar surface area (TPSA) is 104 Å². The van der Waals surface area contributed by atoms with Crippen LogP contribution in [-0.2, 0) is 4.57 Å². The largest absolute Gasteiger partial charge is 1.00 e. The SMILES string of the molecule is O=[PH]([O-])[O-].Oc1ccccc1.Oc1ccccc1.[K+].[K+]. The van der Waals surface area contributed by atoms with E-state index in [0.29, 0.717) is 11.5 Å². The maximum atomic E-state index is 8.63. The van der Waals surface area contributed by atoms with Crippen LogP contribution in [0.5, 0.6) is 11.5 Å². The number of hydrogen-bond acceptors (Lipinski definition) is 5. The van der Waals surface area contributed by atoms with Crippen LogP contribution in [0.2, 0.25) is 0 Å². The molecule has 0 saturated carbocycles. The molecule has 20 heavy (non-hydrogen) atoms. The van der Waals surface area contributed by atoms with E-state index in [9.17, 15) is 0 Å². The normalized spacial score (nSPS) is 7.75. The van der Waals surface area contributed by atoms with Crippen molar-refractivity contribution in [2.45, 2.75) is 0 Å². The minimum Gasteiger partial charge on any atom is -0.813 e. The van der Waals surface area contributed by atoms with Crippen molar-refractivity contribution in [3.05, 3.63) is 60.7 Å². The van der Waals surface area contributed by atoms with Crippen LogP contribution in [-0.4, -0.2) is 10.2 Å². The average molecular weight is 346 g/mol. The first-order valence-corrected chi connectivity index (χ1v) is 6.11. The molecule has 0 aliphatic carbocycles. The zero-order valence-electron chi connectivity index (χ0n) is 11.4. The summed E-state index contributed by atoms with van der Waals surface area (Å²) in [5.74, 6) is 0.644. The molecule has 0 bridgehead atoms. The van der Waals surface area contributed by atoms with Crippen LogP contribution in [0.15, 0.2) is 60.7 Å². The van der Waals surface area contributed by atoms with Crippen molar-refractivity contribution >= 4 is 8.25 Å². The Morgan fingerprint density at radius 3 is 1.00 bits per heavy atom. The molecule has 0 aliphatic heterocycles. The van der Waals surface area contributed by atoms with E-state index in [2.05, 4.69) is 0 Å². The molecule has 0 aliphatic rings. The fourth-order valence-corrected chi connectivity index (χ4v) is 0.856. The summed E-state index contributed by atoms with van der Waals surface area (Å²) < 4.78 is 8.52. The van der Waals surface area contributed by atoms with Gasteiger partial charge in [0.15, 0.2) is 0 Å². The Balaban J connectivity index is -0.000000215. The van der Waals surface area contributed by atoms with Gasteiger partial charge in [0.1, 0.15) is 11.5 Å². The fraction of sp³-hybridized carbons (Fsp3) is 0. The van der Waals surface area contributed by atoms with Gasteiger partial charge in [-0.1, -0.05) is 44.7 Å². The summed E-state index contributed by atoms with van der Waals surface area (Å²) >= 11 is 0. The Kier molecular flexibility index (Phi) is 24.4. The zero-order chi connectivity index (χ0) is 13.8. The molecule has 0 amide bonds. The second kappa shape index (κ2) is 18.5. The van der Waals surface area contributed by atoms with Crippen molar-refractivity contribution in [2.24, 2.45) is 0 Å². The Morgan fingerprint density at radius 2 is 0.900 bits per heavy atom. The van der Waals surface area contributed by atoms with Crippen LogP contribution in [0.1, 0.15) is 0 Å². The number of rotatable bonds is 0. The first-order chi connectivity index (χ1) is 8.52. The number of benzene rings is 2. The Morgan fingerprint density at radius 1 is 0.700 bits per heavy atom. The third kappa shape index (κ3) is 21.8. The number of phenols is 2. The van der Waals surface area contributed by atoms with Gasteiger partial charge < -0.3 is 24.6 Å². The average Bonchev–Trinajstić information content (AvgIpc) is 2.31. The smallest absolute Gasteiger partial charge is 0.813 e. The molecule has 2 aromatic rings. The second-order valence-corrected chi connectivity index (χ2v) is 3.42. The van der Waals surface area contributed by atoms with E-state index in [4.69, 9.17) is 24.6 Å². The Bertz CT molecular complexity index is 401. The minimum atomic E-state index is -3.63. The van der Waals surface area contributed by atoms with Crippen molar-refractivity contribution in [3.8, 4) is 11.5 Å². The van der Waals surface area contributed by atoms with Crippen molar-refractivity contribution in [2.75, 3.05) is 0 Å². The molecule has 98 valence electrons. The predicted octanol–water partition coefficient (Wildman–Crippen LogP) is -5.11. The molecular formula is C12H13K2O5P. The molecule has 0 fully saturated rings. The van der Waals surface area contributed by atoms with Crippen LogP contribution >= 0.6 is 8.25 Å². The third-order valence-corrected chi connectivity index (χ3v) is 1.51. The summed E-state index contributed by atoms with van der Waals surface area (Å²) in [5.41, 5.74) is 0. The molecule has 0 aromatic heterocycles. The van der Waals surface area contributed by atoms with E-state index in [-0.39, 0.29) is 103 Å². The molecule has 2 aromatic carbocycles. The van der Waals surface area contributed by atoms with Gasteiger partial charge in [-0.05, 0) is 24.3 Å². The van der Waals surface area contributed by atoms with Crippen LogP contribution in [0.4, 0.5) is 0 Å². The van der Waals surface area contributed by atoms with E-state index in [0.717, 1.165) is 0 Å². The van der Waals surface area contributed by atoms with Gasteiger partial charge in [-0.3, -0.25) is 0 Å². The molecule has 0 atom stereocenters. The first kappa shape index (κ1) is 26.4. The van der Waals surface area contributed by atoms with Crippen LogP contribution in [0, 0.1) is 0 Å². The van der Waals surface area contributed by atoms with E-state index >= 15 is 0 Å². The van der Waals surface area contributed by atoms with Gasteiger partial charge >= 0.3 is 103 Å². The van der Waals surface area contributed by atoms with Crippen molar-refractivity contribution in [1.29, 1.82) is 0 Å². The summed E-state index contributed by atoms with van der Waals surface area (Å²) in [6, 6.07) is 17.4. The monoisotopic (exact) mass is 346 g/mol. The number of phenolic OH excluding ortho intramolecular Hbond substituents is 2. The van der Waals surface area contributed by atoms with E-state index < -0.39 is 8.25 Å². The quantitative estimate of drug-likeness (QED) is 0.367. The Labute approximate surface area is 203 Å². The van der Waals surface area contributed by atoms with E-state index in [1.165, 1.54) is 0 Å². The molecule has 5 nitrogen and oxygen atoms in total. The molecular weight excluding hydrogens is 333 g/mol. The molecule has 2 rings (SSSR count). The number of aromatic hydroxyl groups is 2. The third-order valence-electron chi connectivity index (χ3n) is 1.51. The van der Waals surface area contributed by atoms with Crippen molar-refractivity contribution in [3.63, 3.8) is 0 Å². The standard InChI is InChI=1S/2C6H6O.2K.H3O3P/c2*7-6-4-2-1-3-5-6;;;1-4(2)3/h2*1-5,7H;;;4H,(H2,1,2,3)/q;;2*+1;/p-2. The fourth-order valence-electron chi connectivity index (χ4n) is 0.856. The van der Waals surface area contributed by atoms with Gasteiger partial charge in [-0.2, -0.15) is 0 Å². The molecule has 0 unspecified atom stereocenters. The molecule has 0 radical (unpaired) electrons. The maximum Gasteiger partial charge on any atom is 1.00 e. The van der Waals surface area contributed by atoms with Gasteiger partial charge in [0.2, 0.25) is 0 Å². The number of para-hydroxylation sites is 2. The summed E-state index contributed by atoms with van der Waals surface area (Å²) in [7, 11) is -3.63. The Hall–Kier alpha value is 1.46. The molecule has 2 N–H and O–H groups in total. The van der Waals surface area contributed by atoms with Gasteiger partial charge in [0.05, 0.1) is 0 Å². The van der Waals surface area contributed by atoms with E-state index in [1.807, 2.05) is 12.1 Å². The van der Waals surface area contributed by atoms with Crippen molar-refractivity contribution in [1.82, 2.24) is 0 Å². The minimum absolute atomic E-state index is 0. The van der Waals surface area contributed by atoms with Gasteiger partial charge in [-0.25, -0.2) is 0 Å². The zero-order valence-corrected chi connectivity index (χ0v) is 18.6. The predicted molar refractivity (Wildman–Crippen MR) is 65.2 cm³/mol. The molecule has 0 spiro atoms. The molecule has 8 heteroatoms. The van der Waals surface area contributed by atoms with Crippen LogP contribution in [0.25, 0.3) is 0 Å². The van der Waals surface area contributed by atoms with Crippen LogP contribution in [0.3, 0.4) is 0 Å². The van der Waals surface area contributed by atoms with Crippen molar-refractivity contribution < 1.29 is 127 Å². The summed E-state index contributed by atoms with van der Waals surface area (Å²) in [4.78, 5) is 17.0. The maximum absolute atomic E-state index is 8.63. The van der Waals surface area contributed by atoms with Gasteiger partial charge in [0, 0.05) is 0 Å². The molecule has 0 heterocycles. The molecule has 0 saturated heterocycles. The summed E-state index contributed by atoms with van der Waals surface area (Å²) in [6.07, 6.45) is 0. The number of hydrogen-bond donors (Lipinski definition) is 2. The van der Waals surface area contributed by atoms with Gasteiger partial charge in [0.25, 0.3) is 0 Å². The first-order valence-electron chi connectivity index (χ1n) is 4.88. The second-order valence-electron chi connectivity index (χ2n) is 2.92. The summed E-state index contributed by atoms with van der Waals surface area (Å²) in [6.45, 7) is 0. The van der Waals surface area contributed by atoms with Crippen LogP contribution < -0.4 is 113 Å². The summed E-state index contributed by atoms with van der Waals surface area (Å²) in [5, 5.41) is 17.3. The van der Waals surface area contributed by atoms with E-state index in [1.54, 1.807) is 48.5 Å².